The maximum absolute atomic E-state index is 11.2. The molecular formula is C9H12ClN3O2. The molecule has 1 rings (SSSR count). The molecule has 82 valence electrons. The summed E-state index contributed by atoms with van der Waals surface area (Å²) in [6.07, 6.45) is 3.36. The van der Waals surface area contributed by atoms with Gasteiger partial charge in [0.25, 0.3) is 0 Å². The second-order valence-corrected chi connectivity index (χ2v) is 3.17. The number of rotatable bonds is 5. The second kappa shape index (κ2) is 6.31. The van der Waals surface area contributed by atoms with Crippen molar-refractivity contribution in [3.8, 4) is 0 Å². The fourth-order valence-electron chi connectivity index (χ4n) is 0.934. The molecule has 0 unspecified atom stereocenters. The van der Waals surface area contributed by atoms with Crippen LogP contribution in [0.5, 0.6) is 0 Å². The van der Waals surface area contributed by atoms with E-state index in [1.54, 1.807) is 7.11 Å². The van der Waals surface area contributed by atoms with Crippen molar-refractivity contribution in [2.75, 3.05) is 13.7 Å². The van der Waals surface area contributed by atoms with Crippen LogP contribution in [-0.4, -0.2) is 29.6 Å². The first-order valence-electron chi connectivity index (χ1n) is 4.45. The van der Waals surface area contributed by atoms with Gasteiger partial charge in [0.2, 0.25) is 5.91 Å². The molecule has 0 aliphatic rings. The van der Waals surface area contributed by atoms with E-state index in [4.69, 9.17) is 16.3 Å². The second-order valence-electron chi connectivity index (χ2n) is 2.81. The summed E-state index contributed by atoms with van der Waals surface area (Å²) < 4.78 is 4.77. The fourth-order valence-corrected chi connectivity index (χ4v) is 1.11. The minimum Gasteiger partial charge on any atom is -0.384 e. The van der Waals surface area contributed by atoms with E-state index >= 15 is 0 Å². The summed E-state index contributed by atoms with van der Waals surface area (Å²) in [5, 5.41) is 2.98. The number of nitrogens with one attached hydrogen (secondary N) is 1. The number of ether oxygens (including phenoxy) is 1. The zero-order valence-corrected chi connectivity index (χ0v) is 9.12. The first-order chi connectivity index (χ1) is 7.24. The zero-order chi connectivity index (χ0) is 11.1. The maximum Gasteiger partial charge on any atom is 0.222 e. The van der Waals surface area contributed by atoms with Gasteiger partial charge in [-0.1, -0.05) is 11.6 Å². The molecule has 6 heteroatoms. The van der Waals surface area contributed by atoms with Crippen molar-refractivity contribution in [2.24, 2.45) is 0 Å². The van der Waals surface area contributed by atoms with Crippen molar-refractivity contribution in [3.05, 3.63) is 23.2 Å². The first kappa shape index (κ1) is 11.9. The average Bonchev–Trinajstić information content (AvgIpc) is 2.25. The highest BCUT2D eigenvalue weighted by molar-refractivity contribution is 6.29. The van der Waals surface area contributed by atoms with E-state index in [0.29, 0.717) is 23.9 Å². The third-order valence-electron chi connectivity index (χ3n) is 1.71. The monoisotopic (exact) mass is 229 g/mol. The molecule has 1 N–H and O–H groups in total. The molecule has 1 aromatic rings. The number of methoxy groups -OCH3 is 1. The molecule has 0 aliphatic carbocycles. The van der Waals surface area contributed by atoms with Crippen LogP contribution in [0.2, 0.25) is 5.15 Å². The van der Waals surface area contributed by atoms with E-state index in [9.17, 15) is 4.79 Å². The Labute approximate surface area is 92.8 Å². The van der Waals surface area contributed by atoms with E-state index < -0.39 is 0 Å². The third-order valence-corrected chi connectivity index (χ3v) is 2.03. The highest BCUT2D eigenvalue weighted by atomic mass is 35.5. The molecule has 1 aromatic heterocycles. The lowest BCUT2D eigenvalue weighted by Gasteiger charge is -2.04. The van der Waals surface area contributed by atoms with Crippen LogP contribution in [0.1, 0.15) is 12.1 Å². The number of hydrogen-bond donors (Lipinski definition) is 1. The maximum atomic E-state index is 11.2. The standard InChI is InChI=1S/C9H12ClN3O2/c1-15-5-2-8(14)13-6-7-9(10)12-4-3-11-7/h3-4H,2,5-6H2,1H3,(H,13,14). The van der Waals surface area contributed by atoms with Gasteiger partial charge >= 0.3 is 0 Å². The van der Waals surface area contributed by atoms with Crippen LogP contribution in [0, 0.1) is 0 Å². The summed E-state index contributed by atoms with van der Waals surface area (Å²) in [6.45, 7) is 0.690. The summed E-state index contributed by atoms with van der Waals surface area (Å²) in [7, 11) is 1.55. The summed E-state index contributed by atoms with van der Waals surface area (Å²) in [4.78, 5) is 19.0. The predicted octanol–water partition coefficient (Wildman–Crippen LogP) is 0.783. The van der Waals surface area contributed by atoms with Crippen molar-refractivity contribution in [3.63, 3.8) is 0 Å². The van der Waals surface area contributed by atoms with Gasteiger partial charge in [-0.2, -0.15) is 0 Å². The van der Waals surface area contributed by atoms with Crippen molar-refractivity contribution in [1.82, 2.24) is 15.3 Å². The van der Waals surface area contributed by atoms with Crippen molar-refractivity contribution < 1.29 is 9.53 Å². The number of aromatic nitrogens is 2. The molecule has 0 fully saturated rings. The number of nitrogens with zero attached hydrogens (tertiary/aromatic N) is 2. The zero-order valence-electron chi connectivity index (χ0n) is 8.36. The van der Waals surface area contributed by atoms with Gasteiger partial charge in [0.05, 0.1) is 18.8 Å². The van der Waals surface area contributed by atoms with E-state index in [2.05, 4.69) is 15.3 Å². The van der Waals surface area contributed by atoms with Gasteiger partial charge in [-0.05, 0) is 0 Å². The average molecular weight is 230 g/mol. The molecule has 0 radical (unpaired) electrons. The number of carbonyl (C=O) groups excluding carboxylic acids is 1. The summed E-state index contributed by atoms with van der Waals surface area (Å²) in [5.74, 6) is -0.0985. The Balaban J connectivity index is 2.37. The minimum absolute atomic E-state index is 0.0985. The van der Waals surface area contributed by atoms with Crippen LogP contribution in [0.15, 0.2) is 12.4 Å². The Hall–Kier alpha value is -1.20. The molecular weight excluding hydrogens is 218 g/mol. The number of carbonyl (C=O) groups is 1. The molecule has 1 amide bonds. The van der Waals surface area contributed by atoms with Crippen molar-refractivity contribution in [1.29, 1.82) is 0 Å². The quantitative estimate of drug-likeness (QED) is 0.811. The predicted molar refractivity (Wildman–Crippen MR) is 55.4 cm³/mol. The molecule has 0 aliphatic heterocycles. The summed E-state index contributed by atoms with van der Waals surface area (Å²) in [5.41, 5.74) is 0.560. The lowest BCUT2D eigenvalue weighted by molar-refractivity contribution is -0.122. The molecule has 1 heterocycles. The topological polar surface area (TPSA) is 64.1 Å². The lowest BCUT2D eigenvalue weighted by atomic mass is 10.4. The Kier molecular flexibility index (Phi) is 5.00. The summed E-state index contributed by atoms with van der Waals surface area (Å²) in [6, 6.07) is 0. The molecule has 0 saturated carbocycles. The van der Waals surface area contributed by atoms with Gasteiger partial charge in [-0.3, -0.25) is 9.78 Å². The molecule has 0 spiro atoms. The number of halogens is 1. The van der Waals surface area contributed by atoms with E-state index in [1.807, 2.05) is 0 Å². The first-order valence-corrected chi connectivity index (χ1v) is 4.83. The van der Waals surface area contributed by atoms with Crippen molar-refractivity contribution in [2.45, 2.75) is 13.0 Å². The van der Waals surface area contributed by atoms with Gasteiger partial charge in [0.1, 0.15) is 0 Å². The Morgan fingerprint density at radius 3 is 2.93 bits per heavy atom. The molecule has 0 atom stereocenters. The van der Waals surface area contributed by atoms with E-state index in [1.165, 1.54) is 12.4 Å². The largest absolute Gasteiger partial charge is 0.384 e. The Morgan fingerprint density at radius 2 is 2.27 bits per heavy atom. The normalized spacial score (nSPS) is 10.0. The molecule has 0 bridgehead atoms. The number of hydrogen-bond acceptors (Lipinski definition) is 4. The SMILES string of the molecule is COCCC(=O)NCc1nccnc1Cl. The third kappa shape index (κ3) is 4.22. The van der Waals surface area contributed by atoms with Gasteiger partial charge in [-0.15, -0.1) is 0 Å². The minimum atomic E-state index is -0.0985. The Bertz CT molecular complexity index is 333. The highest BCUT2D eigenvalue weighted by Crippen LogP contribution is 2.07. The van der Waals surface area contributed by atoms with Gasteiger partial charge in [-0.25, -0.2) is 4.98 Å². The van der Waals surface area contributed by atoms with E-state index in [-0.39, 0.29) is 12.5 Å². The molecule has 0 aromatic carbocycles. The molecule has 0 saturated heterocycles. The van der Waals surface area contributed by atoms with Crippen molar-refractivity contribution >= 4 is 17.5 Å². The van der Waals surface area contributed by atoms with Gasteiger partial charge in [0, 0.05) is 25.9 Å². The fraction of sp³-hybridized carbons (Fsp3) is 0.444. The van der Waals surface area contributed by atoms with Crippen LogP contribution in [0.3, 0.4) is 0 Å². The summed E-state index contributed by atoms with van der Waals surface area (Å²) >= 11 is 5.76. The highest BCUT2D eigenvalue weighted by Gasteiger charge is 2.04. The van der Waals surface area contributed by atoms with E-state index in [0.717, 1.165) is 0 Å². The van der Waals surface area contributed by atoms with Gasteiger partial charge in [0.15, 0.2) is 5.15 Å². The molecule has 15 heavy (non-hydrogen) atoms. The number of amides is 1. The van der Waals surface area contributed by atoms with Gasteiger partial charge < -0.3 is 10.1 Å². The molecule has 5 nitrogen and oxygen atoms in total. The van der Waals surface area contributed by atoms with Crippen LogP contribution in [-0.2, 0) is 16.1 Å². The smallest absolute Gasteiger partial charge is 0.222 e. The van der Waals surface area contributed by atoms with Crippen LogP contribution >= 0.6 is 11.6 Å². The Morgan fingerprint density at radius 1 is 1.53 bits per heavy atom. The lowest BCUT2D eigenvalue weighted by Crippen LogP contribution is -2.24. The van der Waals surface area contributed by atoms with Crippen LogP contribution in [0.25, 0.3) is 0 Å². The van der Waals surface area contributed by atoms with Crippen LogP contribution < -0.4 is 5.32 Å². The van der Waals surface area contributed by atoms with Crippen LogP contribution in [0.4, 0.5) is 0 Å².